The molecule has 1 N–H and O–H groups in total. The van der Waals surface area contributed by atoms with E-state index in [1.54, 1.807) is 26.1 Å². The highest BCUT2D eigenvalue weighted by Gasteiger charge is 2.31. The van der Waals surface area contributed by atoms with Gasteiger partial charge in [0, 0.05) is 20.6 Å². The summed E-state index contributed by atoms with van der Waals surface area (Å²) in [5, 5.41) is 2.85. The van der Waals surface area contributed by atoms with Crippen molar-refractivity contribution in [3.8, 4) is 0 Å². The maximum absolute atomic E-state index is 11.9. The predicted octanol–water partition coefficient (Wildman–Crippen LogP) is 0.683. The van der Waals surface area contributed by atoms with Crippen LogP contribution in [0.3, 0.4) is 0 Å². The number of carbonyl (C=O) groups excluding carboxylic acids is 2. The van der Waals surface area contributed by atoms with Gasteiger partial charge in [0.15, 0.2) is 0 Å². The quantitative estimate of drug-likeness (QED) is 0.618. The zero-order valence-electron chi connectivity index (χ0n) is 12.1. The maximum atomic E-state index is 11.9. The topological polar surface area (TPSA) is 58.6 Å². The average molecular weight is 258 g/mol. The number of amides is 1. The summed E-state index contributed by atoms with van der Waals surface area (Å²) in [6.45, 7) is 4.44. The molecule has 0 aromatic heterocycles. The molecule has 0 aromatic rings. The Bertz CT molecular complexity index is 259. The zero-order valence-corrected chi connectivity index (χ0v) is 12.1. The van der Waals surface area contributed by atoms with E-state index in [1.807, 2.05) is 0 Å². The lowest BCUT2D eigenvalue weighted by atomic mass is 9.91. The number of rotatable bonds is 9. The number of hydrogen-bond donors (Lipinski definition) is 1. The molecule has 3 atom stereocenters. The van der Waals surface area contributed by atoms with E-state index in [2.05, 4.69) is 19.2 Å². The molecule has 0 aliphatic rings. The lowest BCUT2D eigenvalue weighted by molar-refractivity contribution is -0.136. The molecular weight excluding hydrogens is 232 g/mol. The van der Waals surface area contributed by atoms with Crippen molar-refractivity contribution in [3.05, 3.63) is 0 Å². The second-order valence-corrected chi connectivity index (χ2v) is 4.59. The van der Waals surface area contributed by atoms with Crippen molar-refractivity contribution in [1.82, 2.24) is 10.2 Å². The Labute approximate surface area is 110 Å². The molecule has 0 heterocycles. The lowest BCUT2D eigenvalue weighted by Gasteiger charge is -2.37. The van der Waals surface area contributed by atoms with Crippen LogP contribution < -0.4 is 5.32 Å². The van der Waals surface area contributed by atoms with Crippen molar-refractivity contribution >= 4 is 12.2 Å². The van der Waals surface area contributed by atoms with Crippen LogP contribution >= 0.6 is 0 Å². The van der Waals surface area contributed by atoms with Gasteiger partial charge in [-0.25, -0.2) is 0 Å². The number of methoxy groups -OCH3 is 1. The van der Waals surface area contributed by atoms with Gasteiger partial charge in [-0.1, -0.05) is 20.3 Å². The van der Waals surface area contributed by atoms with E-state index < -0.39 is 0 Å². The van der Waals surface area contributed by atoms with Gasteiger partial charge < -0.3 is 19.7 Å². The fraction of sp³-hybridized carbons (Fsp3) is 0.846. The number of aldehydes is 1. The molecule has 0 saturated carbocycles. The second-order valence-electron chi connectivity index (χ2n) is 4.59. The van der Waals surface area contributed by atoms with Crippen molar-refractivity contribution in [2.75, 3.05) is 27.7 Å². The number of nitrogens with one attached hydrogen (secondary N) is 1. The minimum atomic E-state index is -0.247. The molecule has 5 nitrogen and oxygen atoms in total. The van der Waals surface area contributed by atoms with Gasteiger partial charge in [-0.05, 0) is 13.0 Å². The predicted molar refractivity (Wildman–Crippen MR) is 71.4 cm³/mol. The van der Waals surface area contributed by atoms with Crippen LogP contribution in [-0.4, -0.2) is 57.0 Å². The Morgan fingerprint density at radius 3 is 2.50 bits per heavy atom. The first-order valence-corrected chi connectivity index (χ1v) is 6.40. The van der Waals surface area contributed by atoms with Crippen LogP contribution in [0.2, 0.25) is 0 Å². The smallest absolute Gasteiger partial charge is 0.236 e. The Morgan fingerprint density at radius 2 is 2.11 bits per heavy atom. The maximum Gasteiger partial charge on any atom is 0.236 e. The van der Waals surface area contributed by atoms with E-state index in [1.165, 1.54) is 0 Å². The molecule has 0 unspecified atom stereocenters. The average Bonchev–Trinajstić information content (AvgIpc) is 2.37. The molecule has 0 bridgehead atoms. The highest BCUT2D eigenvalue weighted by molar-refractivity contribution is 5.78. The van der Waals surface area contributed by atoms with Crippen molar-refractivity contribution in [3.63, 3.8) is 0 Å². The Balaban J connectivity index is 4.95. The van der Waals surface area contributed by atoms with E-state index in [9.17, 15) is 9.59 Å². The summed E-state index contributed by atoms with van der Waals surface area (Å²) in [6, 6.07) is -0.0777. The molecule has 0 aliphatic heterocycles. The largest absolute Gasteiger partial charge is 0.379 e. The summed E-state index contributed by atoms with van der Waals surface area (Å²) in [5.74, 6) is 0.288. The van der Waals surface area contributed by atoms with E-state index in [0.717, 1.165) is 12.7 Å². The van der Waals surface area contributed by atoms with Crippen LogP contribution in [0.4, 0.5) is 0 Å². The molecular formula is C13H26N2O3. The number of hydrogen-bond acceptors (Lipinski definition) is 4. The van der Waals surface area contributed by atoms with Crippen LogP contribution in [0.1, 0.15) is 26.7 Å². The molecule has 106 valence electrons. The minimum Gasteiger partial charge on any atom is -0.379 e. The van der Waals surface area contributed by atoms with Crippen molar-refractivity contribution < 1.29 is 14.3 Å². The van der Waals surface area contributed by atoms with E-state index in [-0.39, 0.29) is 24.0 Å². The van der Waals surface area contributed by atoms with E-state index >= 15 is 0 Å². The molecule has 18 heavy (non-hydrogen) atoms. The number of ether oxygens (including phenoxy) is 1. The lowest BCUT2D eigenvalue weighted by Crippen LogP contribution is -2.51. The van der Waals surface area contributed by atoms with Crippen molar-refractivity contribution in [2.24, 2.45) is 5.92 Å². The first kappa shape index (κ1) is 17.1. The van der Waals surface area contributed by atoms with Gasteiger partial charge in [0.2, 0.25) is 5.91 Å². The van der Waals surface area contributed by atoms with Gasteiger partial charge in [-0.15, -0.1) is 0 Å². The molecule has 0 fully saturated rings. The summed E-state index contributed by atoms with van der Waals surface area (Å²) in [5.41, 5.74) is 0. The number of nitrogens with zero attached hydrogens (tertiary/aromatic N) is 1. The molecule has 0 spiro atoms. The Hall–Kier alpha value is -0.940. The fourth-order valence-electron chi connectivity index (χ4n) is 2.15. The van der Waals surface area contributed by atoms with Crippen molar-refractivity contribution in [1.29, 1.82) is 0 Å². The van der Waals surface area contributed by atoms with Gasteiger partial charge in [0.05, 0.1) is 18.7 Å². The summed E-state index contributed by atoms with van der Waals surface area (Å²) in [6.07, 6.45) is 1.84. The highest BCUT2D eigenvalue weighted by Crippen LogP contribution is 2.20. The highest BCUT2D eigenvalue weighted by atomic mass is 16.5. The summed E-state index contributed by atoms with van der Waals surface area (Å²) >= 11 is 0. The minimum absolute atomic E-state index is 0.00995. The monoisotopic (exact) mass is 258 g/mol. The van der Waals surface area contributed by atoms with Crippen LogP contribution in [-0.2, 0) is 14.3 Å². The summed E-state index contributed by atoms with van der Waals surface area (Å²) in [4.78, 5) is 24.4. The molecule has 1 amide bonds. The normalized spacial score (nSPS) is 15.8. The zero-order chi connectivity index (χ0) is 14.1. The molecule has 5 heteroatoms. The molecule has 0 saturated heterocycles. The van der Waals surface area contributed by atoms with E-state index in [0.29, 0.717) is 13.0 Å². The Morgan fingerprint density at radius 1 is 1.50 bits per heavy atom. The van der Waals surface area contributed by atoms with Gasteiger partial charge in [-0.3, -0.25) is 4.79 Å². The summed E-state index contributed by atoms with van der Waals surface area (Å²) in [7, 11) is 5.09. The van der Waals surface area contributed by atoms with Gasteiger partial charge in [0.25, 0.3) is 0 Å². The third-order valence-electron chi connectivity index (χ3n) is 3.41. The van der Waals surface area contributed by atoms with Gasteiger partial charge >= 0.3 is 0 Å². The first-order chi connectivity index (χ1) is 8.53. The fourth-order valence-corrected chi connectivity index (χ4v) is 2.15. The third kappa shape index (κ3) is 4.74. The Kier molecular flexibility index (Phi) is 8.58. The standard InChI is InChI=1S/C13H26N2O3/c1-6-10(2)13(11(18-5)7-8-16)15(4)12(17)9-14-3/h8,10-11,13-14H,6-7,9H2,1-5H3/t10-,11+,13-/m1/s1. The SMILES string of the molecule is CC[C@@H](C)[C@H]([C@H](CC=O)OC)N(C)C(=O)CNC. The van der Waals surface area contributed by atoms with Gasteiger partial charge in [0.1, 0.15) is 6.29 Å². The van der Waals surface area contributed by atoms with E-state index in [4.69, 9.17) is 4.74 Å². The molecule has 0 radical (unpaired) electrons. The molecule has 0 aliphatic carbocycles. The first-order valence-electron chi connectivity index (χ1n) is 6.40. The third-order valence-corrected chi connectivity index (χ3v) is 3.41. The summed E-state index contributed by atoms with van der Waals surface area (Å²) < 4.78 is 5.38. The van der Waals surface area contributed by atoms with Crippen LogP contribution in [0, 0.1) is 5.92 Å². The van der Waals surface area contributed by atoms with Crippen LogP contribution in [0.15, 0.2) is 0 Å². The van der Waals surface area contributed by atoms with Crippen LogP contribution in [0.25, 0.3) is 0 Å². The molecule has 0 rings (SSSR count). The van der Waals surface area contributed by atoms with Crippen molar-refractivity contribution in [2.45, 2.75) is 38.8 Å². The van der Waals surface area contributed by atoms with Gasteiger partial charge in [-0.2, -0.15) is 0 Å². The number of likely N-dealkylation sites (N-methyl/N-ethyl adjacent to an activating group) is 2. The second kappa shape index (κ2) is 9.05. The number of carbonyl (C=O) groups is 2. The van der Waals surface area contributed by atoms with Crippen LogP contribution in [0.5, 0.6) is 0 Å². The molecule has 0 aromatic carbocycles.